The van der Waals surface area contributed by atoms with Crippen molar-refractivity contribution in [3.05, 3.63) is 65.7 Å². The van der Waals surface area contributed by atoms with Gasteiger partial charge in [-0.2, -0.15) is 0 Å². The van der Waals surface area contributed by atoms with Crippen LogP contribution in [0.15, 0.2) is 54.6 Å². The van der Waals surface area contributed by atoms with Crippen LogP contribution in [0.4, 0.5) is 0 Å². The molecule has 0 saturated heterocycles. The first kappa shape index (κ1) is 20.1. The fourth-order valence-corrected chi connectivity index (χ4v) is 2.21. The molecule has 2 aromatic carbocycles. The number of likely N-dealkylation sites (N-methyl/N-ethyl adjacent to an activating group) is 1. The molecule has 1 N–H and O–H groups in total. The summed E-state index contributed by atoms with van der Waals surface area (Å²) in [5.41, 5.74) is 0.952. The Kier molecular flexibility index (Phi) is 7.51. The molecule has 0 amide bonds. The standard InChI is InChI=1S/C20H21NO6/c1-14(22)27-18-11-7-6-10-16(18)19(23)26-13-17(21-2)20(24)25-12-15-8-4-3-5-9-15/h3-11,17,21H,12-13H2,1-2H3/t17-/m0/s1. The van der Waals surface area contributed by atoms with Gasteiger partial charge in [0.1, 0.15) is 30.6 Å². The monoisotopic (exact) mass is 371 g/mol. The maximum Gasteiger partial charge on any atom is 0.342 e. The van der Waals surface area contributed by atoms with E-state index in [2.05, 4.69) is 5.32 Å². The van der Waals surface area contributed by atoms with E-state index in [4.69, 9.17) is 14.2 Å². The van der Waals surface area contributed by atoms with Gasteiger partial charge in [-0.3, -0.25) is 9.59 Å². The van der Waals surface area contributed by atoms with Gasteiger partial charge in [-0.1, -0.05) is 42.5 Å². The number of para-hydroxylation sites is 1. The third kappa shape index (κ3) is 6.23. The molecule has 7 nitrogen and oxygen atoms in total. The van der Waals surface area contributed by atoms with Gasteiger partial charge in [-0.05, 0) is 24.7 Å². The van der Waals surface area contributed by atoms with Crippen LogP contribution in [-0.4, -0.2) is 37.6 Å². The molecule has 7 heteroatoms. The number of carbonyl (C=O) groups excluding carboxylic acids is 3. The van der Waals surface area contributed by atoms with Crippen molar-refractivity contribution in [2.75, 3.05) is 13.7 Å². The molecule has 1 atom stereocenters. The van der Waals surface area contributed by atoms with Crippen LogP contribution in [0, 0.1) is 0 Å². The second-order valence-electron chi connectivity index (χ2n) is 5.62. The minimum absolute atomic E-state index is 0.0974. The number of hydrogen-bond acceptors (Lipinski definition) is 7. The molecule has 27 heavy (non-hydrogen) atoms. The summed E-state index contributed by atoms with van der Waals surface area (Å²) in [4.78, 5) is 35.6. The van der Waals surface area contributed by atoms with Gasteiger partial charge in [-0.15, -0.1) is 0 Å². The first-order chi connectivity index (χ1) is 13.0. The van der Waals surface area contributed by atoms with Crippen LogP contribution in [0.25, 0.3) is 0 Å². The van der Waals surface area contributed by atoms with E-state index in [1.54, 1.807) is 19.2 Å². The van der Waals surface area contributed by atoms with E-state index in [9.17, 15) is 14.4 Å². The third-order valence-electron chi connectivity index (χ3n) is 3.60. The van der Waals surface area contributed by atoms with Crippen molar-refractivity contribution in [1.29, 1.82) is 0 Å². The highest BCUT2D eigenvalue weighted by Gasteiger charge is 2.22. The molecular weight excluding hydrogens is 350 g/mol. The first-order valence-corrected chi connectivity index (χ1v) is 8.33. The Morgan fingerprint density at radius 3 is 2.30 bits per heavy atom. The second-order valence-corrected chi connectivity index (χ2v) is 5.62. The fourth-order valence-electron chi connectivity index (χ4n) is 2.21. The van der Waals surface area contributed by atoms with Crippen molar-refractivity contribution >= 4 is 17.9 Å². The van der Waals surface area contributed by atoms with Gasteiger partial charge in [0.25, 0.3) is 0 Å². The molecule has 0 unspecified atom stereocenters. The van der Waals surface area contributed by atoms with E-state index in [0.717, 1.165) is 5.56 Å². The van der Waals surface area contributed by atoms with Gasteiger partial charge in [-0.25, -0.2) is 4.79 Å². The molecule has 0 fully saturated rings. The summed E-state index contributed by atoms with van der Waals surface area (Å²) >= 11 is 0. The predicted octanol–water partition coefficient (Wildman–Crippen LogP) is 2.10. The van der Waals surface area contributed by atoms with E-state index < -0.39 is 23.9 Å². The van der Waals surface area contributed by atoms with Crippen molar-refractivity contribution in [2.45, 2.75) is 19.6 Å². The van der Waals surface area contributed by atoms with E-state index >= 15 is 0 Å². The summed E-state index contributed by atoms with van der Waals surface area (Å²) in [7, 11) is 1.56. The molecule has 0 bridgehead atoms. The van der Waals surface area contributed by atoms with Gasteiger partial charge < -0.3 is 19.5 Å². The summed E-state index contributed by atoms with van der Waals surface area (Å²) in [6.45, 7) is 1.14. The Labute approximate surface area is 157 Å². The number of esters is 3. The average Bonchev–Trinajstić information content (AvgIpc) is 2.67. The molecule has 0 heterocycles. The van der Waals surface area contributed by atoms with Crippen LogP contribution in [-0.2, 0) is 25.7 Å². The number of carbonyl (C=O) groups is 3. The van der Waals surface area contributed by atoms with E-state index in [0.29, 0.717) is 0 Å². The normalized spacial score (nSPS) is 11.3. The van der Waals surface area contributed by atoms with Gasteiger partial charge >= 0.3 is 17.9 Å². The Balaban J connectivity index is 1.92. The van der Waals surface area contributed by atoms with Crippen LogP contribution in [0.5, 0.6) is 5.75 Å². The molecule has 0 aliphatic rings. The fraction of sp³-hybridized carbons (Fsp3) is 0.250. The van der Waals surface area contributed by atoms with Crippen molar-refractivity contribution in [2.24, 2.45) is 0 Å². The van der Waals surface area contributed by atoms with E-state index in [-0.39, 0.29) is 24.5 Å². The zero-order valence-corrected chi connectivity index (χ0v) is 15.1. The molecule has 0 aromatic heterocycles. The number of ether oxygens (including phenoxy) is 3. The molecule has 142 valence electrons. The summed E-state index contributed by atoms with van der Waals surface area (Å²) < 4.78 is 15.4. The van der Waals surface area contributed by atoms with Crippen LogP contribution in [0.2, 0.25) is 0 Å². The Bertz CT molecular complexity index is 790. The Hall–Kier alpha value is -3.19. The lowest BCUT2D eigenvalue weighted by molar-refractivity contribution is -0.148. The lowest BCUT2D eigenvalue weighted by atomic mass is 10.2. The highest BCUT2D eigenvalue weighted by molar-refractivity contribution is 5.93. The lowest BCUT2D eigenvalue weighted by Gasteiger charge is -2.16. The number of rotatable bonds is 8. The predicted molar refractivity (Wildman–Crippen MR) is 97.1 cm³/mol. The SMILES string of the molecule is CN[C@@H](COC(=O)c1ccccc1OC(C)=O)C(=O)OCc1ccccc1. The largest absolute Gasteiger partial charge is 0.460 e. The van der Waals surface area contributed by atoms with E-state index in [1.807, 2.05) is 30.3 Å². The third-order valence-corrected chi connectivity index (χ3v) is 3.60. The van der Waals surface area contributed by atoms with Crippen molar-refractivity contribution in [1.82, 2.24) is 5.32 Å². The minimum Gasteiger partial charge on any atom is -0.460 e. The summed E-state index contributed by atoms with van der Waals surface area (Å²) in [6, 6.07) is 14.6. The number of benzene rings is 2. The average molecular weight is 371 g/mol. The molecule has 0 radical (unpaired) electrons. The van der Waals surface area contributed by atoms with Crippen LogP contribution in [0.1, 0.15) is 22.8 Å². The summed E-state index contributed by atoms with van der Waals surface area (Å²) in [6.07, 6.45) is 0. The van der Waals surface area contributed by atoms with E-state index in [1.165, 1.54) is 19.1 Å². The molecule has 0 aliphatic carbocycles. The smallest absolute Gasteiger partial charge is 0.342 e. The molecular formula is C20H21NO6. The summed E-state index contributed by atoms with van der Waals surface area (Å²) in [5.74, 6) is -1.69. The molecule has 2 aromatic rings. The Morgan fingerprint density at radius 2 is 1.63 bits per heavy atom. The van der Waals surface area contributed by atoms with Gasteiger partial charge in [0.2, 0.25) is 0 Å². The zero-order chi connectivity index (χ0) is 19.6. The Morgan fingerprint density at radius 1 is 0.963 bits per heavy atom. The maximum atomic E-state index is 12.3. The summed E-state index contributed by atoms with van der Waals surface area (Å²) in [5, 5.41) is 2.75. The zero-order valence-electron chi connectivity index (χ0n) is 15.1. The topological polar surface area (TPSA) is 90.9 Å². The van der Waals surface area contributed by atoms with Crippen LogP contribution >= 0.6 is 0 Å². The molecule has 0 spiro atoms. The molecule has 2 rings (SSSR count). The van der Waals surface area contributed by atoms with Gasteiger partial charge in [0.05, 0.1) is 0 Å². The highest BCUT2D eigenvalue weighted by Crippen LogP contribution is 2.19. The quantitative estimate of drug-likeness (QED) is 0.561. The van der Waals surface area contributed by atoms with Crippen molar-refractivity contribution in [3.8, 4) is 5.75 Å². The van der Waals surface area contributed by atoms with Crippen LogP contribution in [0.3, 0.4) is 0 Å². The number of nitrogens with one attached hydrogen (secondary N) is 1. The first-order valence-electron chi connectivity index (χ1n) is 8.33. The highest BCUT2D eigenvalue weighted by atomic mass is 16.6. The van der Waals surface area contributed by atoms with Crippen LogP contribution < -0.4 is 10.1 Å². The molecule has 0 aliphatic heterocycles. The van der Waals surface area contributed by atoms with Gasteiger partial charge in [0.15, 0.2) is 0 Å². The van der Waals surface area contributed by atoms with Crippen molar-refractivity contribution < 1.29 is 28.6 Å². The minimum atomic E-state index is -0.821. The number of hydrogen-bond donors (Lipinski definition) is 1. The molecule has 0 saturated carbocycles. The maximum absolute atomic E-state index is 12.3. The lowest BCUT2D eigenvalue weighted by Crippen LogP contribution is -2.40. The second kappa shape index (κ2) is 10.1. The van der Waals surface area contributed by atoms with Crippen molar-refractivity contribution in [3.63, 3.8) is 0 Å². The van der Waals surface area contributed by atoms with Gasteiger partial charge in [0, 0.05) is 6.92 Å².